The minimum atomic E-state index is -0.446. The topological polar surface area (TPSA) is 78.8 Å². The number of pyridine rings is 1. The fourth-order valence-corrected chi connectivity index (χ4v) is 1.34. The first kappa shape index (κ1) is 9.21. The lowest BCUT2D eigenvalue weighted by atomic mass is 10.2. The molecule has 0 amide bonds. The number of esters is 1. The number of carbonyl (C=O) groups excluding carboxylic acids is 1. The molecule has 2 aromatic heterocycles. The maximum absolute atomic E-state index is 11.3. The number of nitrogens with one attached hydrogen (secondary N) is 1. The zero-order chi connectivity index (χ0) is 10.8. The Morgan fingerprint density at radius 1 is 1.67 bits per heavy atom. The second-order valence-electron chi connectivity index (χ2n) is 2.93. The van der Waals surface area contributed by atoms with Crippen molar-refractivity contribution in [2.45, 2.75) is 0 Å². The number of nitrogens with zero attached hydrogens (tertiary/aromatic N) is 2. The quantitative estimate of drug-likeness (QED) is 0.703. The van der Waals surface area contributed by atoms with E-state index >= 15 is 0 Å². The summed E-state index contributed by atoms with van der Waals surface area (Å²) in [5.74, 6) is -0.446. The third-order valence-electron chi connectivity index (χ3n) is 2.07. The van der Waals surface area contributed by atoms with E-state index in [0.717, 1.165) is 0 Å². The van der Waals surface area contributed by atoms with Gasteiger partial charge >= 0.3 is 5.97 Å². The lowest BCUT2D eigenvalue weighted by molar-refractivity contribution is 0.0603. The van der Waals surface area contributed by atoms with Gasteiger partial charge in [-0.3, -0.25) is 0 Å². The van der Waals surface area contributed by atoms with Crippen LogP contribution < -0.4 is 0 Å². The molecule has 0 spiro atoms. The zero-order valence-corrected chi connectivity index (χ0v) is 7.94. The molecule has 0 saturated heterocycles. The number of nitriles is 1. The average Bonchev–Trinajstić information content (AvgIpc) is 2.70. The Bertz CT molecular complexity index is 566. The van der Waals surface area contributed by atoms with Crippen molar-refractivity contribution in [1.82, 2.24) is 9.97 Å². The molecule has 2 heterocycles. The molecular formula is C10H7N3O2. The van der Waals surface area contributed by atoms with Gasteiger partial charge in [0, 0.05) is 17.8 Å². The van der Waals surface area contributed by atoms with Gasteiger partial charge in [0.2, 0.25) is 0 Å². The van der Waals surface area contributed by atoms with Crippen molar-refractivity contribution in [2.75, 3.05) is 7.11 Å². The summed E-state index contributed by atoms with van der Waals surface area (Å²) >= 11 is 0. The molecule has 0 aliphatic carbocycles. The van der Waals surface area contributed by atoms with Crippen LogP contribution in [-0.4, -0.2) is 23.0 Å². The first-order chi connectivity index (χ1) is 7.26. The van der Waals surface area contributed by atoms with Crippen LogP contribution >= 0.6 is 0 Å². The molecule has 5 nitrogen and oxygen atoms in total. The summed E-state index contributed by atoms with van der Waals surface area (Å²) in [6.45, 7) is 0. The van der Waals surface area contributed by atoms with E-state index in [1.54, 1.807) is 6.07 Å². The predicted molar refractivity (Wildman–Crippen MR) is 52.1 cm³/mol. The fraction of sp³-hybridized carbons (Fsp3) is 0.100. The molecule has 2 aromatic rings. The van der Waals surface area contributed by atoms with E-state index in [1.165, 1.54) is 19.5 Å². The maximum Gasteiger partial charge on any atom is 0.340 e. The highest BCUT2D eigenvalue weighted by Gasteiger charge is 2.13. The Kier molecular flexibility index (Phi) is 2.10. The van der Waals surface area contributed by atoms with E-state index in [0.29, 0.717) is 22.2 Å². The van der Waals surface area contributed by atoms with Crippen LogP contribution in [0.25, 0.3) is 11.0 Å². The van der Waals surface area contributed by atoms with Gasteiger partial charge in [0.1, 0.15) is 11.7 Å². The molecule has 1 N–H and O–H groups in total. The number of carbonyl (C=O) groups is 1. The molecule has 0 atom stereocenters. The van der Waals surface area contributed by atoms with Crippen molar-refractivity contribution < 1.29 is 9.53 Å². The second kappa shape index (κ2) is 3.42. The number of hydrogen-bond donors (Lipinski definition) is 1. The Morgan fingerprint density at radius 2 is 2.47 bits per heavy atom. The van der Waals surface area contributed by atoms with E-state index in [2.05, 4.69) is 14.7 Å². The minimum absolute atomic E-state index is 0.386. The van der Waals surface area contributed by atoms with Gasteiger partial charge < -0.3 is 9.72 Å². The summed E-state index contributed by atoms with van der Waals surface area (Å²) in [4.78, 5) is 18.2. The highest BCUT2D eigenvalue weighted by Crippen LogP contribution is 2.17. The summed E-state index contributed by atoms with van der Waals surface area (Å²) in [6, 6.07) is 3.57. The van der Waals surface area contributed by atoms with Gasteiger partial charge in [-0.2, -0.15) is 5.26 Å². The van der Waals surface area contributed by atoms with Gasteiger partial charge in [-0.25, -0.2) is 9.78 Å². The van der Waals surface area contributed by atoms with Gasteiger partial charge in [-0.05, 0) is 6.07 Å². The van der Waals surface area contributed by atoms with Crippen molar-refractivity contribution in [1.29, 1.82) is 5.26 Å². The first-order valence-electron chi connectivity index (χ1n) is 4.22. The lowest BCUT2D eigenvalue weighted by Gasteiger charge is -1.96. The SMILES string of the molecule is COC(=O)c1c[nH]c2ncc(C#N)cc12. The van der Waals surface area contributed by atoms with E-state index in [9.17, 15) is 4.79 Å². The van der Waals surface area contributed by atoms with Crippen LogP contribution in [0.2, 0.25) is 0 Å². The van der Waals surface area contributed by atoms with E-state index < -0.39 is 5.97 Å². The largest absolute Gasteiger partial charge is 0.465 e. The van der Waals surface area contributed by atoms with Gasteiger partial charge in [0.15, 0.2) is 0 Å². The monoisotopic (exact) mass is 201 g/mol. The van der Waals surface area contributed by atoms with Crippen molar-refractivity contribution in [3.05, 3.63) is 29.6 Å². The van der Waals surface area contributed by atoms with Crippen LogP contribution in [0.5, 0.6) is 0 Å². The summed E-state index contributed by atoms with van der Waals surface area (Å²) in [7, 11) is 1.31. The molecule has 0 radical (unpaired) electrons. The van der Waals surface area contributed by atoms with Gasteiger partial charge in [-0.15, -0.1) is 0 Å². The second-order valence-corrected chi connectivity index (χ2v) is 2.93. The molecule has 5 heteroatoms. The third-order valence-corrected chi connectivity index (χ3v) is 2.07. The maximum atomic E-state index is 11.3. The summed E-state index contributed by atoms with van der Waals surface area (Å²) in [5.41, 5.74) is 1.36. The Hall–Kier alpha value is -2.35. The van der Waals surface area contributed by atoms with Crippen LogP contribution in [0.3, 0.4) is 0 Å². The number of H-pyrrole nitrogens is 1. The zero-order valence-electron chi connectivity index (χ0n) is 7.94. The summed E-state index contributed by atoms with van der Waals surface area (Å²) in [5, 5.41) is 9.30. The highest BCUT2D eigenvalue weighted by atomic mass is 16.5. The standard InChI is InChI=1S/C10H7N3O2/c1-15-10(14)8-5-13-9-7(8)2-6(3-11)4-12-9/h2,4-5H,1H3,(H,12,13). The molecule has 0 fully saturated rings. The van der Waals surface area contributed by atoms with Crippen LogP contribution in [0, 0.1) is 11.3 Å². The van der Waals surface area contributed by atoms with Gasteiger partial charge in [0.05, 0.1) is 18.2 Å². The van der Waals surface area contributed by atoms with Crippen LogP contribution in [0.1, 0.15) is 15.9 Å². The molecule has 0 aliphatic heterocycles. The van der Waals surface area contributed by atoms with E-state index in [-0.39, 0.29) is 0 Å². The van der Waals surface area contributed by atoms with E-state index in [4.69, 9.17) is 5.26 Å². The molecule has 0 bridgehead atoms. The minimum Gasteiger partial charge on any atom is -0.465 e. The first-order valence-corrected chi connectivity index (χ1v) is 4.22. The highest BCUT2D eigenvalue weighted by molar-refractivity contribution is 6.03. The normalized spacial score (nSPS) is 9.87. The molecule has 15 heavy (non-hydrogen) atoms. The van der Waals surface area contributed by atoms with Gasteiger partial charge in [0.25, 0.3) is 0 Å². The number of hydrogen-bond acceptors (Lipinski definition) is 4. The van der Waals surface area contributed by atoms with E-state index in [1.807, 2.05) is 6.07 Å². The van der Waals surface area contributed by atoms with Crippen molar-refractivity contribution >= 4 is 17.0 Å². The van der Waals surface area contributed by atoms with Crippen molar-refractivity contribution in [3.8, 4) is 6.07 Å². The number of fused-ring (bicyclic) bond motifs is 1. The van der Waals surface area contributed by atoms with Gasteiger partial charge in [-0.1, -0.05) is 0 Å². The van der Waals surface area contributed by atoms with Crippen molar-refractivity contribution in [2.24, 2.45) is 0 Å². The molecule has 0 unspecified atom stereocenters. The Morgan fingerprint density at radius 3 is 3.13 bits per heavy atom. The summed E-state index contributed by atoms with van der Waals surface area (Å²) < 4.78 is 4.61. The average molecular weight is 201 g/mol. The molecule has 2 rings (SSSR count). The Labute approximate surface area is 85.3 Å². The van der Waals surface area contributed by atoms with Crippen LogP contribution in [-0.2, 0) is 4.74 Å². The number of methoxy groups -OCH3 is 1. The lowest BCUT2D eigenvalue weighted by Crippen LogP contribution is -1.99. The number of aromatic nitrogens is 2. The molecular weight excluding hydrogens is 194 g/mol. The van der Waals surface area contributed by atoms with Crippen LogP contribution in [0.15, 0.2) is 18.5 Å². The van der Waals surface area contributed by atoms with Crippen molar-refractivity contribution in [3.63, 3.8) is 0 Å². The fourth-order valence-electron chi connectivity index (χ4n) is 1.34. The number of rotatable bonds is 1. The smallest absolute Gasteiger partial charge is 0.340 e. The predicted octanol–water partition coefficient (Wildman–Crippen LogP) is 1.22. The number of aromatic amines is 1. The third kappa shape index (κ3) is 1.42. The number of ether oxygens (including phenoxy) is 1. The molecule has 0 aromatic carbocycles. The summed E-state index contributed by atoms with van der Waals surface area (Å²) in [6.07, 6.45) is 2.96. The molecule has 0 aliphatic rings. The molecule has 74 valence electrons. The molecule has 0 saturated carbocycles. The van der Waals surface area contributed by atoms with Crippen LogP contribution in [0.4, 0.5) is 0 Å². The Balaban J connectivity index is 2.67.